The lowest BCUT2D eigenvalue weighted by molar-refractivity contribution is -0.126. The second-order valence-corrected chi connectivity index (χ2v) is 8.22. The molecule has 1 amide bonds. The van der Waals surface area contributed by atoms with Crippen molar-refractivity contribution in [1.82, 2.24) is 5.32 Å². The molecule has 0 aliphatic rings. The molecule has 0 aromatic heterocycles. The van der Waals surface area contributed by atoms with E-state index in [-0.39, 0.29) is 28.0 Å². The number of rotatable bonds is 5. The highest BCUT2D eigenvalue weighted by Gasteiger charge is 2.27. The third kappa shape index (κ3) is 7.12. The van der Waals surface area contributed by atoms with E-state index in [0.717, 1.165) is 12.5 Å². The van der Waals surface area contributed by atoms with E-state index in [2.05, 4.69) is 42.0 Å². The second-order valence-electron chi connectivity index (χ2n) is 7.37. The van der Waals surface area contributed by atoms with Gasteiger partial charge in [-0.15, -0.1) is 0 Å². The van der Waals surface area contributed by atoms with Crippen molar-refractivity contribution < 1.29 is 18.7 Å². The lowest BCUT2D eigenvalue weighted by Gasteiger charge is -2.33. The summed E-state index contributed by atoms with van der Waals surface area (Å²) in [6, 6.07) is 3.64. The van der Waals surface area contributed by atoms with Crippen LogP contribution in [-0.2, 0) is 9.53 Å². The molecule has 1 aromatic carbocycles. The first-order valence-electron chi connectivity index (χ1n) is 7.33. The van der Waals surface area contributed by atoms with E-state index in [0.29, 0.717) is 0 Å². The van der Waals surface area contributed by atoms with Crippen molar-refractivity contribution in [3.05, 3.63) is 34.1 Å². The summed E-state index contributed by atoms with van der Waals surface area (Å²) < 4.78 is 18.3. The minimum atomic E-state index is -0.680. The Morgan fingerprint density at radius 3 is 2.35 bits per heavy atom. The molecule has 1 N–H and O–H groups in total. The van der Waals surface area contributed by atoms with Crippen LogP contribution in [0.25, 0.3) is 0 Å². The van der Waals surface area contributed by atoms with E-state index in [1.54, 1.807) is 0 Å². The van der Waals surface area contributed by atoms with Gasteiger partial charge in [0.1, 0.15) is 5.82 Å². The summed E-state index contributed by atoms with van der Waals surface area (Å²) in [7, 11) is 0. The van der Waals surface area contributed by atoms with Gasteiger partial charge in [0.2, 0.25) is 0 Å². The second kappa shape index (κ2) is 7.43. The molecule has 1 aromatic rings. The number of ether oxygens (including phenoxy) is 1. The molecular weight excluding hydrogens is 365 g/mol. The number of carbonyl (C=O) groups excluding carboxylic acids is 2. The Kier molecular flexibility index (Phi) is 6.33. The molecule has 0 aliphatic carbocycles. The molecule has 0 radical (unpaired) electrons. The van der Waals surface area contributed by atoms with Crippen LogP contribution in [0, 0.1) is 11.2 Å². The fraction of sp³-hybridized carbons (Fsp3) is 0.529. The van der Waals surface area contributed by atoms with Gasteiger partial charge in [0, 0.05) is 10.0 Å². The van der Waals surface area contributed by atoms with Gasteiger partial charge in [-0.1, -0.05) is 20.8 Å². The highest BCUT2D eigenvalue weighted by atomic mass is 79.9. The molecular formula is C17H23BrFNO3. The molecule has 0 heterocycles. The summed E-state index contributed by atoms with van der Waals surface area (Å²) in [5.41, 5.74) is -0.168. The number of carbonyl (C=O) groups is 2. The Balaban J connectivity index is 2.57. The van der Waals surface area contributed by atoms with Crippen molar-refractivity contribution in [2.75, 3.05) is 6.61 Å². The number of amides is 1. The zero-order chi connectivity index (χ0) is 17.8. The average Bonchev–Trinajstić information content (AvgIpc) is 2.32. The minimum Gasteiger partial charge on any atom is -0.452 e. The summed E-state index contributed by atoms with van der Waals surface area (Å²) in [6.07, 6.45) is 0.781. The summed E-state index contributed by atoms with van der Waals surface area (Å²) in [4.78, 5) is 23.9. The van der Waals surface area contributed by atoms with Crippen molar-refractivity contribution in [1.29, 1.82) is 0 Å². The molecule has 0 fully saturated rings. The number of halogens is 2. The molecule has 4 nitrogen and oxygen atoms in total. The van der Waals surface area contributed by atoms with Gasteiger partial charge < -0.3 is 10.1 Å². The van der Waals surface area contributed by atoms with Crippen molar-refractivity contribution >= 4 is 27.8 Å². The Morgan fingerprint density at radius 1 is 1.22 bits per heavy atom. The quantitative estimate of drug-likeness (QED) is 0.774. The number of hydrogen-bond donors (Lipinski definition) is 1. The van der Waals surface area contributed by atoms with Crippen molar-refractivity contribution in [2.24, 2.45) is 5.41 Å². The number of hydrogen-bond acceptors (Lipinski definition) is 3. The van der Waals surface area contributed by atoms with Crippen LogP contribution in [0.5, 0.6) is 0 Å². The predicted octanol–water partition coefficient (Wildman–Crippen LogP) is 4.08. The Morgan fingerprint density at radius 2 is 1.83 bits per heavy atom. The van der Waals surface area contributed by atoms with Crippen LogP contribution in [0.4, 0.5) is 4.39 Å². The first kappa shape index (κ1) is 19.6. The first-order chi connectivity index (χ1) is 10.4. The SMILES string of the molecule is CC(C)(C)CC(C)(C)NC(=O)COC(=O)c1ccc(F)cc1Br. The lowest BCUT2D eigenvalue weighted by atomic mass is 9.82. The van der Waals surface area contributed by atoms with Gasteiger partial charge in [0.15, 0.2) is 6.61 Å². The van der Waals surface area contributed by atoms with Gasteiger partial charge in [-0.2, -0.15) is 0 Å². The van der Waals surface area contributed by atoms with E-state index in [1.807, 2.05) is 13.8 Å². The molecule has 0 atom stereocenters. The van der Waals surface area contributed by atoms with Crippen molar-refractivity contribution in [2.45, 2.75) is 46.6 Å². The molecule has 0 saturated carbocycles. The Bertz CT molecular complexity index is 594. The van der Waals surface area contributed by atoms with E-state index in [1.165, 1.54) is 12.1 Å². The van der Waals surface area contributed by atoms with E-state index in [9.17, 15) is 14.0 Å². The molecule has 0 saturated heterocycles. The monoisotopic (exact) mass is 387 g/mol. The zero-order valence-electron chi connectivity index (χ0n) is 14.1. The number of benzene rings is 1. The molecule has 23 heavy (non-hydrogen) atoms. The van der Waals surface area contributed by atoms with Gasteiger partial charge in [0.25, 0.3) is 5.91 Å². The third-order valence-electron chi connectivity index (χ3n) is 2.94. The first-order valence-corrected chi connectivity index (χ1v) is 8.12. The molecule has 0 spiro atoms. The van der Waals surface area contributed by atoms with E-state index < -0.39 is 17.3 Å². The predicted molar refractivity (Wildman–Crippen MR) is 90.7 cm³/mol. The maximum absolute atomic E-state index is 13.0. The topological polar surface area (TPSA) is 55.4 Å². The Labute approximate surface area is 144 Å². The van der Waals surface area contributed by atoms with Crippen LogP contribution in [0.15, 0.2) is 22.7 Å². The van der Waals surface area contributed by atoms with Crippen LogP contribution in [0.1, 0.15) is 51.4 Å². The standard InChI is InChI=1S/C17H23BrFNO3/c1-16(2,3)10-17(4,5)20-14(21)9-23-15(22)12-7-6-11(19)8-13(12)18/h6-8H,9-10H2,1-5H3,(H,20,21). The molecule has 1 rings (SSSR count). The van der Waals surface area contributed by atoms with Crippen LogP contribution in [0.3, 0.4) is 0 Å². The third-order valence-corrected chi connectivity index (χ3v) is 3.59. The average molecular weight is 388 g/mol. The minimum absolute atomic E-state index is 0.0619. The van der Waals surface area contributed by atoms with Crippen LogP contribution < -0.4 is 5.32 Å². The number of esters is 1. The Hall–Kier alpha value is -1.43. The van der Waals surface area contributed by atoms with E-state index in [4.69, 9.17) is 4.74 Å². The highest BCUT2D eigenvalue weighted by molar-refractivity contribution is 9.10. The van der Waals surface area contributed by atoms with Crippen molar-refractivity contribution in [3.63, 3.8) is 0 Å². The van der Waals surface area contributed by atoms with Gasteiger partial charge in [-0.3, -0.25) is 4.79 Å². The maximum atomic E-state index is 13.0. The summed E-state index contributed by atoms with van der Waals surface area (Å²) in [5.74, 6) is -1.51. The number of nitrogens with one attached hydrogen (secondary N) is 1. The fourth-order valence-electron chi connectivity index (χ4n) is 2.65. The normalized spacial score (nSPS) is 12.0. The largest absolute Gasteiger partial charge is 0.452 e. The summed E-state index contributed by atoms with van der Waals surface area (Å²) in [6.45, 7) is 9.74. The fourth-order valence-corrected chi connectivity index (χ4v) is 3.16. The van der Waals surface area contributed by atoms with Crippen molar-refractivity contribution in [3.8, 4) is 0 Å². The van der Waals surface area contributed by atoms with Gasteiger partial charge in [-0.25, -0.2) is 9.18 Å². The van der Waals surface area contributed by atoms with Crippen LogP contribution in [0.2, 0.25) is 0 Å². The molecule has 0 bridgehead atoms. The molecule has 0 aliphatic heterocycles. The van der Waals surface area contributed by atoms with Gasteiger partial charge in [0.05, 0.1) is 5.56 Å². The smallest absolute Gasteiger partial charge is 0.339 e. The zero-order valence-corrected chi connectivity index (χ0v) is 15.7. The summed E-state index contributed by atoms with van der Waals surface area (Å²) in [5, 5.41) is 2.86. The maximum Gasteiger partial charge on any atom is 0.339 e. The summed E-state index contributed by atoms with van der Waals surface area (Å²) >= 11 is 3.10. The molecule has 0 unspecified atom stereocenters. The van der Waals surface area contributed by atoms with Gasteiger partial charge >= 0.3 is 5.97 Å². The van der Waals surface area contributed by atoms with E-state index >= 15 is 0 Å². The van der Waals surface area contributed by atoms with Crippen LogP contribution in [-0.4, -0.2) is 24.0 Å². The van der Waals surface area contributed by atoms with Gasteiger partial charge in [-0.05, 0) is 59.8 Å². The molecule has 128 valence electrons. The molecule has 6 heteroatoms. The lowest BCUT2D eigenvalue weighted by Crippen LogP contribution is -2.47. The van der Waals surface area contributed by atoms with Crippen LogP contribution >= 0.6 is 15.9 Å². The highest BCUT2D eigenvalue weighted by Crippen LogP contribution is 2.26.